The average molecular weight is 433 g/mol. The number of nitrogens with zero attached hydrogens (tertiary/aromatic N) is 2. The molecule has 0 spiro atoms. The SMILES string of the molecule is CN1CCc2cc(S(N)(=O)=N[C@H](O)Nc3c4c(cc5c3CCC5)CCC4)sc2C1. The Kier molecular flexibility index (Phi) is 4.95. The highest BCUT2D eigenvalue weighted by Gasteiger charge is 2.26. The molecule has 0 amide bonds. The summed E-state index contributed by atoms with van der Waals surface area (Å²) in [6.45, 7) is 1.83. The monoisotopic (exact) mass is 432 g/mol. The summed E-state index contributed by atoms with van der Waals surface area (Å²) in [4.78, 5) is 3.44. The molecular weight excluding hydrogens is 404 g/mol. The minimum Gasteiger partial charge on any atom is -0.355 e. The Bertz CT molecular complexity index is 1050. The first-order chi connectivity index (χ1) is 13.9. The van der Waals surface area contributed by atoms with Gasteiger partial charge in [0.15, 0.2) is 0 Å². The van der Waals surface area contributed by atoms with Crippen molar-refractivity contribution in [3.8, 4) is 0 Å². The van der Waals surface area contributed by atoms with Crippen LogP contribution in [0.5, 0.6) is 0 Å². The quantitative estimate of drug-likeness (QED) is 0.648. The number of aliphatic hydroxyl groups excluding tert-OH is 1. The number of aliphatic hydroxyl groups is 1. The number of thiophene rings is 1. The predicted octanol–water partition coefficient (Wildman–Crippen LogP) is 2.80. The summed E-state index contributed by atoms with van der Waals surface area (Å²) in [5.74, 6) is 0. The first-order valence-electron chi connectivity index (χ1n) is 10.4. The van der Waals surface area contributed by atoms with Crippen molar-refractivity contribution < 1.29 is 9.32 Å². The van der Waals surface area contributed by atoms with Gasteiger partial charge in [-0.05, 0) is 85.9 Å². The Hall–Kier alpha value is -1.45. The minimum absolute atomic E-state index is 0.558. The Morgan fingerprint density at radius 3 is 2.52 bits per heavy atom. The Morgan fingerprint density at radius 2 is 1.83 bits per heavy atom. The van der Waals surface area contributed by atoms with E-state index in [0.717, 1.165) is 63.7 Å². The maximum absolute atomic E-state index is 13.2. The zero-order valence-corrected chi connectivity index (χ0v) is 18.4. The largest absolute Gasteiger partial charge is 0.355 e. The van der Waals surface area contributed by atoms with Crippen molar-refractivity contribution >= 4 is 26.9 Å². The molecule has 6 nitrogen and oxygen atoms in total. The van der Waals surface area contributed by atoms with Crippen LogP contribution in [0.4, 0.5) is 5.69 Å². The van der Waals surface area contributed by atoms with Gasteiger partial charge in [-0.25, -0.2) is 9.35 Å². The van der Waals surface area contributed by atoms with Gasteiger partial charge in [-0.15, -0.1) is 11.3 Å². The minimum atomic E-state index is -3.16. The molecule has 4 N–H and O–H groups in total. The van der Waals surface area contributed by atoms with E-state index in [1.54, 1.807) is 0 Å². The van der Waals surface area contributed by atoms with E-state index in [1.807, 2.05) is 6.07 Å². The Labute approximate surface area is 176 Å². The summed E-state index contributed by atoms with van der Waals surface area (Å²) in [6, 6.07) is 4.27. The van der Waals surface area contributed by atoms with Crippen LogP contribution in [0.1, 0.15) is 45.5 Å². The number of aryl methyl sites for hydroxylation is 2. The molecule has 8 heteroatoms. The van der Waals surface area contributed by atoms with Crippen molar-refractivity contribution in [2.24, 2.45) is 9.50 Å². The molecule has 3 aliphatic rings. The van der Waals surface area contributed by atoms with Crippen LogP contribution < -0.4 is 10.5 Å². The van der Waals surface area contributed by atoms with Gasteiger partial charge in [0.2, 0.25) is 6.35 Å². The number of rotatable bonds is 4. The third kappa shape index (κ3) is 3.61. The molecule has 2 aromatic rings. The van der Waals surface area contributed by atoms with Crippen molar-refractivity contribution in [2.75, 3.05) is 18.9 Å². The van der Waals surface area contributed by atoms with Gasteiger partial charge in [-0.2, -0.15) is 4.36 Å². The molecule has 1 unspecified atom stereocenters. The molecule has 0 saturated carbocycles. The van der Waals surface area contributed by atoms with Gasteiger partial charge in [-0.3, -0.25) is 0 Å². The van der Waals surface area contributed by atoms with Crippen LogP contribution in [-0.4, -0.2) is 34.2 Å². The topological polar surface area (TPSA) is 91.0 Å². The molecule has 0 fully saturated rings. The molecule has 2 heterocycles. The van der Waals surface area contributed by atoms with Gasteiger partial charge in [0.1, 0.15) is 14.1 Å². The summed E-state index contributed by atoms with van der Waals surface area (Å²) in [5, 5.41) is 20.0. The van der Waals surface area contributed by atoms with E-state index in [2.05, 4.69) is 27.7 Å². The van der Waals surface area contributed by atoms with Crippen LogP contribution >= 0.6 is 11.3 Å². The van der Waals surface area contributed by atoms with E-state index < -0.39 is 16.3 Å². The van der Waals surface area contributed by atoms with Crippen LogP contribution in [0.2, 0.25) is 0 Å². The molecule has 29 heavy (non-hydrogen) atoms. The third-order valence-electron chi connectivity index (χ3n) is 6.34. The second-order valence-electron chi connectivity index (χ2n) is 8.43. The van der Waals surface area contributed by atoms with Crippen molar-refractivity contribution in [1.82, 2.24) is 4.90 Å². The van der Waals surface area contributed by atoms with Crippen LogP contribution in [0.15, 0.2) is 20.7 Å². The summed E-state index contributed by atoms with van der Waals surface area (Å²) in [5.41, 5.74) is 7.55. The second kappa shape index (κ2) is 7.35. The first-order valence-corrected chi connectivity index (χ1v) is 12.8. The number of anilines is 1. The average Bonchev–Trinajstić information content (AvgIpc) is 3.39. The van der Waals surface area contributed by atoms with E-state index in [0.29, 0.717) is 4.21 Å². The van der Waals surface area contributed by atoms with Crippen molar-refractivity contribution in [1.29, 1.82) is 0 Å². The van der Waals surface area contributed by atoms with Gasteiger partial charge < -0.3 is 15.3 Å². The standard InChI is InChI=1S/C21H28N4O2S2/c1-25-9-8-15-11-19(28-18(15)12-25)29(22,27)24-21(26)23-20-16-6-2-4-13(16)10-14-5-3-7-17(14)20/h10-11,21,23,26H,2-9,12H2,1H3,(H2,22,24,27)/t21-,29?/m1/s1. The number of fused-ring (bicyclic) bond motifs is 3. The van der Waals surface area contributed by atoms with Gasteiger partial charge in [0.05, 0.1) is 0 Å². The molecule has 5 rings (SSSR count). The summed E-state index contributed by atoms with van der Waals surface area (Å²) in [7, 11) is -1.08. The smallest absolute Gasteiger partial charge is 0.233 e. The summed E-state index contributed by atoms with van der Waals surface area (Å²) in [6.07, 6.45) is 6.14. The fourth-order valence-electron chi connectivity index (χ4n) is 4.91. The number of hydrogen-bond donors (Lipinski definition) is 3. The zero-order valence-electron chi connectivity index (χ0n) is 16.7. The normalized spacial score (nSPS) is 21.2. The van der Waals surface area contributed by atoms with Gasteiger partial charge in [0.25, 0.3) is 0 Å². The molecule has 0 radical (unpaired) electrons. The number of nitrogens with two attached hydrogens (primary N) is 1. The molecule has 0 bridgehead atoms. The predicted molar refractivity (Wildman–Crippen MR) is 118 cm³/mol. The Balaban J connectivity index is 1.44. The number of nitrogens with one attached hydrogen (secondary N) is 1. The molecule has 2 atom stereocenters. The van der Waals surface area contributed by atoms with E-state index in [9.17, 15) is 9.32 Å². The van der Waals surface area contributed by atoms with Crippen molar-refractivity contribution in [2.45, 2.75) is 62.1 Å². The molecule has 1 aliphatic heterocycles. The van der Waals surface area contributed by atoms with Crippen LogP contribution in [0, 0.1) is 0 Å². The lowest BCUT2D eigenvalue weighted by Gasteiger charge is -2.21. The van der Waals surface area contributed by atoms with E-state index in [1.165, 1.54) is 44.0 Å². The van der Waals surface area contributed by atoms with Crippen LogP contribution in [0.25, 0.3) is 0 Å². The second-order valence-corrected chi connectivity index (χ2v) is 11.6. The lowest BCUT2D eigenvalue weighted by Crippen LogP contribution is -2.24. The van der Waals surface area contributed by atoms with Gasteiger partial charge >= 0.3 is 0 Å². The fourth-order valence-corrected chi connectivity index (χ4v) is 7.60. The zero-order chi connectivity index (χ0) is 20.2. The lowest BCUT2D eigenvalue weighted by atomic mass is 9.99. The number of hydrogen-bond acceptors (Lipinski definition) is 6. The molecule has 1 aromatic heterocycles. The van der Waals surface area contributed by atoms with Gasteiger partial charge in [-0.1, -0.05) is 6.07 Å². The maximum atomic E-state index is 13.2. The Morgan fingerprint density at radius 1 is 1.14 bits per heavy atom. The van der Waals surface area contributed by atoms with E-state index in [4.69, 9.17) is 5.14 Å². The number of benzene rings is 1. The molecule has 0 saturated heterocycles. The highest BCUT2D eigenvalue weighted by Crippen LogP contribution is 2.39. The highest BCUT2D eigenvalue weighted by atomic mass is 32.2. The van der Waals surface area contributed by atoms with E-state index >= 15 is 0 Å². The van der Waals surface area contributed by atoms with Crippen molar-refractivity contribution in [3.63, 3.8) is 0 Å². The van der Waals surface area contributed by atoms with Gasteiger partial charge in [0, 0.05) is 23.7 Å². The van der Waals surface area contributed by atoms with Crippen LogP contribution in [-0.2, 0) is 48.6 Å². The summed E-state index contributed by atoms with van der Waals surface area (Å²) >= 11 is 1.46. The van der Waals surface area contributed by atoms with Crippen LogP contribution in [0.3, 0.4) is 0 Å². The fraction of sp³-hybridized carbons (Fsp3) is 0.524. The number of likely N-dealkylation sites (N-methyl/N-ethyl adjacent to an activating group) is 1. The molecule has 1 aromatic carbocycles. The maximum Gasteiger partial charge on any atom is 0.233 e. The van der Waals surface area contributed by atoms with E-state index in [-0.39, 0.29) is 0 Å². The lowest BCUT2D eigenvalue weighted by molar-refractivity contribution is 0.216. The van der Waals surface area contributed by atoms with Crippen molar-refractivity contribution in [3.05, 3.63) is 44.8 Å². The first kappa shape index (κ1) is 19.5. The molecule has 156 valence electrons. The third-order valence-corrected chi connectivity index (χ3v) is 9.47. The molecular formula is C21H28N4O2S2. The summed E-state index contributed by atoms with van der Waals surface area (Å²) < 4.78 is 17.9. The molecule has 2 aliphatic carbocycles. The highest BCUT2D eigenvalue weighted by molar-refractivity contribution is 7.93.